The minimum atomic E-state index is -4.54. The van der Waals surface area contributed by atoms with Crippen LogP contribution in [0.5, 0.6) is 0 Å². The molecule has 1 aromatic heterocycles. The predicted molar refractivity (Wildman–Crippen MR) is 118 cm³/mol. The molecule has 0 saturated heterocycles. The highest BCUT2D eigenvalue weighted by Gasteiger charge is 2.39. The van der Waals surface area contributed by atoms with Crippen molar-refractivity contribution >= 4 is 29.3 Å². The first-order valence-corrected chi connectivity index (χ1v) is 10.6. The minimum absolute atomic E-state index is 0.0594. The van der Waals surface area contributed by atoms with Gasteiger partial charge in [-0.1, -0.05) is 53.0 Å². The van der Waals surface area contributed by atoms with Crippen molar-refractivity contribution in [2.24, 2.45) is 0 Å². The summed E-state index contributed by atoms with van der Waals surface area (Å²) in [6.45, 7) is 4.72. The molecular formula is C23H20Cl2F3N4+. The lowest BCUT2D eigenvalue weighted by atomic mass is 9.96. The monoisotopic (exact) mass is 479 g/mol. The van der Waals surface area contributed by atoms with Crippen LogP contribution in [0.4, 0.5) is 13.2 Å². The number of aromatic nitrogens is 3. The van der Waals surface area contributed by atoms with E-state index in [-0.39, 0.29) is 15.6 Å². The number of rotatable bonds is 6. The van der Waals surface area contributed by atoms with E-state index in [9.17, 15) is 18.4 Å². The maximum Gasteiger partial charge on any atom is 0.399 e. The Hall–Kier alpha value is -2.82. The van der Waals surface area contributed by atoms with Gasteiger partial charge in [0.1, 0.15) is 6.07 Å². The number of nitrogens with zero attached hydrogens (tertiary/aromatic N) is 4. The molecule has 0 aliphatic rings. The molecule has 0 amide bonds. The summed E-state index contributed by atoms with van der Waals surface area (Å²) in [5, 5.41) is 14.3. The average molecular weight is 480 g/mol. The van der Waals surface area contributed by atoms with Crippen LogP contribution in [0.15, 0.2) is 48.8 Å². The molecular weight excluding hydrogens is 460 g/mol. The molecule has 3 aromatic rings. The standard InChI is InChI=1S/C23H20Cl2F3N4/c1-3-8-31-14-32(30-15(31)2)22-7-5-16(9-18(22)13-29)4-6-21(23(26,27)28)17-10-19(24)12-20(25)11-17/h4-7,9-12,14,21H,3,8H2,1-2H3/q+1. The summed E-state index contributed by atoms with van der Waals surface area (Å²) in [5.74, 6) is -1.10. The van der Waals surface area contributed by atoms with Crippen LogP contribution in [0.3, 0.4) is 0 Å². The maximum atomic E-state index is 13.7. The van der Waals surface area contributed by atoms with E-state index in [1.807, 2.05) is 11.5 Å². The van der Waals surface area contributed by atoms with Crippen molar-refractivity contribution in [3.05, 3.63) is 81.4 Å². The van der Waals surface area contributed by atoms with Crippen LogP contribution in [0.2, 0.25) is 10.0 Å². The summed E-state index contributed by atoms with van der Waals surface area (Å²) in [6.07, 6.45) is 0.563. The van der Waals surface area contributed by atoms with Gasteiger partial charge in [-0.2, -0.15) is 18.4 Å². The van der Waals surface area contributed by atoms with Crippen LogP contribution in [0, 0.1) is 18.3 Å². The molecule has 166 valence electrons. The number of nitriles is 1. The van der Waals surface area contributed by atoms with E-state index in [1.165, 1.54) is 30.3 Å². The van der Waals surface area contributed by atoms with E-state index in [2.05, 4.69) is 18.1 Å². The first kappa shape index (κ1) is 23.8. The average Bonchev–Trinajstić information content (AvgIpc) is 3.06. The number of alkyl halides is 3. The number of hydrogen-bond acceptors (Lipinski definition) is 2. The molecule has 1 heterocycles. The van der Waals surface area contributed by atoms with Gasteiger partial charge in [-0.3, -0.25) is 0 Å². The first-order chi connectivity index (χ1) is 15.1. The Labute approximate surface area is 194 Å². The zero-order valence-corrected chi connectivity index (χ0v) is 18.9. The second kappa shape index (κ2) is 9.76. The van der Waals surface area contributed by atoms with Gasteiger partial charge in [-0.25, -0.2) is 4.57 Å². The highest BCUT2D eigenvalue weighted by molar-refractivity contribution is 6.34. The Morgan fingerprint density at radius 2 is 1.88 bits per heavy atom. The van der Waals surface area contributed by atoms with Gasteiger partial charge < -0.3 is 0 Å². The molecule has 4 nitrogen and oxygen atoms in total. The molecule has 0 aliphatic carbocycles. The Morgan fingerprint density at radius 3 is 2.47 bits per heavy atom. The quantitative estimate of drug-likeness (QED) is 0.383. The van der Waals surface area contributed by atoms with Crippen LogP contribution in [0.1, 0.15) is 41.8 Å². The van der Waals surface area contributed by atoms with Gasteiger partial charge in [0.25, 0.3) is 5.82 Å². The summed E-state index contributed by atoms with van der Waals surface area (Å²) in [4.78, 5) is 0. The van der Waals surface area contributed by atoms with E-state index in [4.69, 9.17) is 23.2 Å². The Morgan fingerprint density at radius 1 is 1.19 bits per heavy atom. The molecule has 1 unspecified atom stereocenters. The largest absolute Gasteiger partial charge is 0.399 e. The molecule has 9 heteroatoms. The Kier molecular flexibility index (Phi) is 7.27. The van der Waals surface area contributed by atoms with Crippen LogP contribution in [-0.2, 0) is 6.54 Å². The summed E-state index contributed by atoms with van der Waals surface area (Å²) in [7, 11) is 0. The molecule has 1 atom stereocenters. The smallest absolute Gasteiger partial charge is 0.234 e. The number of hydrogen-bond donors (Lipinski definition) is 0. The third kappa shape index (κ3) is 5.50. The van der Waals surface area contributed by atoms with Gasteiger partial charge in [0.2, 0.25) is 6.33 Å². The molecule has 0 bridgehead atoms. The third-order valence-electron chi connectivity index (χ3n) is 4.85. The lowest BCUT2D eigenvalue weighted by Crippen LogP contribution is -2.34. The second-order valence-corrected chi connectivity index (χ2v) is 8.14. The Balaban J connectivity index is 1.95. The van der Waals surface area contributed by atoms with E-state index in [0.29, 0.717) is 16.8 Å². The molecule has 3 rings (SSSR count). The zero-order valence-electron chi connectivity index (χ0n) is 17.4. The summed E-state index contributed by atoms with van der Waals surface area (Å²) >= 11 is 11.8. The SMILES string of the molecule is CCC[n+]1cn(-c2ccc(C=CC(c3cc(Cl)cc(Cl)c3)C(F)(F)F)cc2C#N)nc1C. The highest BCUT2D eigenvalue weighted by Crippen LogP contribution is 2.38. The molecule has 0 aliphatic heterocycles. The normalized spacial score (nSPS) is 12.8. The molecule has 2 aromatic carbocycles. The van der Waals surface area contributed by atoms with Crippen molar-refractivity contribution in [2.45, 2.75) is 38.9 Å². The van der Waals surface area contributed by atoms with Crippen LogP contribution < -0.4 is 4.57 Å². The molecule has 0 spiro atoms. The van der Waals surface area contributed by atoms with Gasteiger partial charge in [-0.15, -0.1) is 0 Å². The highest BCUT2D eigenvalue weighted by atomic mass is 35.5. The molecule has 0 saturated carbocycles. The van der Waals surface area contributed by atoms with Gasteiger partial charge >= 0.3 is 6.18 Å². The van der Waals surface area contributed by atoms with Gasteiger partial charge in [-0.05, 0) is 47.9 Å². The second-order valence-electron chi connectivity index (χ2n) is 7.27. The van der Waals surface area contributed by atoms with Crippen molar-refractivity contribution in [2.75, 3.05) is 0 Å². The van der Waals surface area contributed by atoms with Crippen LogP contribution >= 0.6 is 23.2 Å². The van der Waals surface area contributed by atoms with Crippen molar-refractivity contribution in [3.63, 3.8) is 0 Å². The lowest BCUT2D eigenvalue weighted by Gasteiger charge is -2.18. The van der Waals surface area contributed by atoms with Gasteiger partial charge in [0, 0.05) is 22.1 Å². The summed E-state index contributed by atoms with van der Waals surface area (Å²) < 4.78 is 44.7. The van der Waals surface area contributed by atoms with Crippen molar-refractivity contribution in [1.29, 1.82) is 5.26 Å². The molecule has 32 heavy (non-hydrogen) atoms. The first-order valence-electron chi connectivity index (χ1n) is 9.83. The number of allylic oxidation sites excluding steroid dienone is 1. The van der Waals surface area contributed by atoms with Gasteiger partial charge in [0.05, 0.1) is 18.0 Å². The summed E-state index contributed by atoms with van der Waals surface area (Å²) in [6, 6.07) is 10.8. The zero-order chi connectivity index (χ0) is 23.5. The van der Waals surface area contributed by atoms with E-state index in [0.717, 1.165) is 24.9 Å². The maximum absolute atomic E-state index is 13.7. The molecule has 0 radical (unpaired) electrons. The van der Waals surface area contributed by atoms with Crippen molar-refractivity contribution in [1.82, 2.24) is 9.78 Å². The minimum Gasteiger partial charge on any atom is -0.234 e. The topological polar surface area (TPSA) is 45.5 Å². The lowest BCUT2D eigenvalue weighted by molar-refractivity contribution is -0.703. The Bertz CT molecular complexity index is 1170. The van der Waals surface area contributed by atoms with Crippen molar-refractivity contribution < 1.29 is 17.7 Å². The van der Waals surface area contributed by atoms with E-state index in [1.54, 1.807) is 23.1 Å². The van der Waals surface area contributed by atoms with Crippen molar-refractivity contribution in [3.8, 4) is 11.8 Å². The van der Waals surface area contributed by atoms with Gasteiger partial charge in [0.15, 0.2) is 5.69 Å². The predicted octanol–water partition coefficient (Wildman–Crippen LogP) is 6.42. The fraction of sp³-hybridized carbons (Fsp3) is 0.261. The fourth-order valence-electron chi connectivity index (χ4n) is 3.35. The van der Waals surface area contributed by atoms with Crippen LogP contribution in [-0.4, -0.2) is 16.0 Å². The van der Waals surface area contributed by atoms with E-state index < -0.39 is 12.1 Å². The number of benzene rings is 2. The molecule has 0 fully saturated rings. The fourth-order valence-corrected chi connectivity index (χ4v) is 3.89. The third-order valence-corrected chi connectivity index (χ3v) is 5.28. The number of aryl methyl sites for hydroxylation is 2. The number of halogens is 5. The summed E-state index contributed by atoms with van der Waals surface area (Å²) in [5.41, 5.74) is 1.25. The van der Waals surface area contributed by atoms with E-state index >= 15 is 0 Å². The van der Waals surface area contributed by atoms with Crippen LogP contribution in [0.25, 0.3) is 11.8 Å². The molecule has 0 N–H and O–H groups in total.